The number of phenols is 1. The standard InChI is InChI=1S/C22H19N3O3/c1-15-5-2-3-8-20(15)22(28)24-18-11-9-17(10-12-18)21(27)25-23-14-16-6-4-7-19(26)13-16/h2-14,26H,1H3,(H,24,28)(H,25,27)/b23-14+. The summed E-state index contributed by atoms with van der Waals surface area (Å²) in [7, 11) is 0. The van der Waals surface area contributed by atoms with Crippen molar-refractivity contribution in [1.29, 1.82) is 0 Å². The van der Waals surface area contributed by atoms with Gasteiger partial charge in [-0.15, -0.1) is 0 Å². The number of hydrogen-bond acceptors (Lipinski definition) is 4. The Morgan fingerprint density at radius 2 is 1.68 bits per heavy atom. The third-order valence-electron chi connectivity index (χ3n) is 4.04. The molecule has 0 unspecified atom stereocenters. The Kier molecular flexibility index (Phi) is 5.81. The fourth-order valence-electron chi connectivity index (χ4n) is 2.57. The number of carbonyl (C=O) groups excluding carboxylic acids is 2. The van der Waals surface area contributed by atoms with Crippen LogP contribution in [0.2, 0.25) is 0 Å². The predicted octanol–water partition coefficient (Wildman–Crippen LogP) is 3.72. The van der Waals surface area contributed by atoms with Crippen LogP contribution in [0, 0.1) is 6.92 Å². The SMILES string of the molecule is Cc1ccccc1C(=O)Nc1ccc(C(=O)N/N=C/c2cccc(O)c2)cc1. The molecule has 0 fully saturated rings. The van der Waals surface area contributed by atoms with E-state index >= 15 is 0 Å². The van der Waals surface area contributed by atoms with E-state index in [1.165, 1.54) is 12.3 Å². The van der Waals surface area contributed by atoms with Gasteiger partial charge in [-0.25, -0.2) is 5.43 Å². The number of phenolic OH excluding ortho intramolecular Hbond substituents is 1. The number of amides is 2. The largest absolute Gasteiger partial charge is 0.508 e. The van der Waals surface area contributed by atoms with Crippen LogP contribution < -0.4 is 10.7 Å². The zero-order chi connectivity index (χ0) is 19.9. The van der Waals surface area contributed by atoms with E-state index in [1.807, 2.05) is 25.1 Å². The number of hydrogen-bond donors (Lipinski definition) is 3. The minimum Gasteiger partial charge on any atom is -0.508 e. The molecule has 0 aliphatic carbocycles. The van der Waals surface area contributed by atoms with E-state index < -0.39 is 0 Å². The van der Waals surface area contributed by atoms with Gasteiger partial charge in [-0.05, 0) is 60.5 Å². The Balaban J connectivity index is 1.60. The molecule has 0 bridgehead atoms. The first-order valence-electron chi connectivity index (χ1n) is 8.62. The normalized spacial score (nSPS) is 10.6. The van der Waals surface area contributed by atoms with Gasteiger partial charge in [0.2, 0.25) is 0 Å². The quantitative estimate of drug-likeness (QED) is 0.470. The van der Waals surface area contributed by atoms with Crippen molar-refractivity contribution in [3.63, 3.8) is 0 Å². The molecule has 0 saturated heterocycles. The lowest BCUT2D eigenvalue weighted by atomic mass is 10.1. The minimum atomic E-state index is -0.381. The summed E-state index contributed by atoms with van der Waals surface area (Å²) >= 11 is 0. The number of benzene rings is 3. The summed E-state index contributed by atoms with van der Waals surface area (Å²) in [5, 5.41) is 16.1. The molecule has 2 amide bonds. The second-order valence-electron chi connectivity index (χ2n) is 6.14. The zero-order valence-corrected chi connectivity index (χ0v) is 15.2. The Morgan fingerprint density at radius 3 is 2.39 bits per heavy atom. The maximum Gasteiger partial charge on any atom is 0.271 e. The Morgan fingerprint density at radius 1 is 0.929 bits per heavy atom. The van der Waals surface area contributed by atoms with Gasteiger partial charge in [-0.2, -0.15) is 5.10 Å². The zero-order valence-electron chi connectivity index (χ0n) is 15.2. The number of rotatable bonds is 5. The maximum atomic E-state index is 12.3. The number of carbonyl (C=O) groups is 2. The number of hydrazone groups is 1. The maximum absolute atomic E-state index is 12.3. The molecule has 0 heterocycles. The number of aryl methyl sites for hydroxylation is 1. The topological polar surface area (TPSA) is 90.8 Å². The van der Waals surface area contributed by atoms with Crippen LogP contribution in [0.3, 0.4) is 0 Å². The van der Waals surface area contributed by atoms with E-state index in [4.69, 9.17) is 0 Å². The summed E-state index contributed by atoms with van der Waals surface area (Å²) in [6.07, 6.45) is 1.44. The Bertz CT molecular complexity index is 1030. The lowest BCUT2D eigenvalue weighted by molar-refractivity contribution is 0.0954. The van der Waals surface area contributed by atoms with Crippen LogP contribution in [-0.2, 0) is 0 Å². The van der Waals surface area contributed by atoms with E-state index in [0.717, 1.165) is 5.56 Å². The van der Waals surface area contributed by atoms with Crippen molar-refractivity contribution >= 4 is 23.7 Å². The van der Waals surface area contributed by atoms with Crippen LogP contribution in [0.4, 0.5) is 5.69 Å². The Hall–Kier alpha value is -3.93. The summed E-state index contributed by atoms with van der Waals surface area (Å²) in [4.78, 5) is 24.5. The van der Waals surface area contributed by atoms with Crippen molar-refractivity contribution in [2.75, 3.05) is 5.32 Å². The third kappa shape index (κ3) is 4.82. The van der Waals surface area contributed by atoms with Gasteiger partial charge in [0.1, 0.15) is 5.75 Å². The van der Waals surface area contributed by atoms with Crippen LogP contribution in [-0.4, -0.2) is 23.1 Å². The average molecular weight is 373 g/mol. The molecule has 0 spiro atoms. The lowest BCUT2D eigenvalue weighted by Crippen LogP contribution is -2.18. The summed E-state index contributed by atoms with van der Waals surface area (Å²) in [5.74, 6) is -0.460. The van der Waals surface area contributed by atoms with Crippen molar-refractivity contribution in [1.82, 2.24) is 5.43 Å². The van der Waals surface area contributed by atoms with Crippen LogP contribution in [0.15, 0.2) is 77.9 Å². The molecular formula is C22H19N3O3. The molecule has 0 aliphatic heterocycles. The van der Waals surface area contributed by atoms with Crippen molar-refractivity contribution in [3.05, 3.63) is 95.1 Å². The highest BCUT2D eigenvalue weighted by Crippen LogP contribution is 2.14. The molecule has 0 aromatic heterocycles. The summed E-state index contributed by atoms with van der Waals surface area (Å²) < 4.78 is 0. The van der Waals surface area contributed by atoms with Gasteiger partial charge in [0.05, 0.1) is 6.21 Å². The molecule has 140 valence electrons. The van der Waals surface area contributed by atoms with E-state index in [9.17, 15) is 14.7 Å². The number of anilines is 1. The van der Waals surface area contributed by atoms with Gasteiger partial charge in [0, 0.05) is 16.8 Å². The molecule has 3 N–H and O–H groups in total. The first-order valence-corrected chi connectivity index (χ1v) is 8.62. The summed E-state index contributed by atoms with van der Waals surface area (Å²) in [5.41, 5.74) is 5.57. The molecule has 6 heteroatoms. The molecule has 3 rings (SSSR count). The first-order chi connectivity index (χ1) is 13.5. The number of nitrogens with zero attached hydrogens (tertiary/aromatic N) is 1. The monoisotopic (exact) mass is 373 g/mol. The molecule has 28 heavy (non-hydrogen) atoms. The summed E-state index contributed by atoms with van der Waals surface area (Å²) in [6.45, 7) is 1.87. The Labute approximate surface area is 162 Å². The van der Waals surface area contributed by atoms with E-state index in [2.05, 4.69) is 15.8 Å². The molecule has 3 aromatic rings. The highest BCUT2D eigenvalue weighted by Gasteiger charge is 2.09. The van der Waals surface area contributed by atoms with Gasteiger partial charge in [-0.3, -0.25) is 9.59 Å². The highest BCUT2D eigenvalue weighted by molar-refractivity contribution is 6.05. The lowest BCUT2D eigenvalue weighted by Gasteiger charge is -2.08. The van der Waals surface area contributed by atoms with E-state index in [0.29, 0.717) is 22.4 Å². The van der Waals surface area contributed by atoms with Gasteiger partial charge in [0.15, 0.2) is 0 Å². The minimum absolute atomic E-state index is 0.124. The first kappa shape index (κ1) is 18.8. The van der Waals surface area contributed by atoms with Crippen LogP contribution in [0.5, 0.6) is 5.75 Å². The third-order valence-corrected chi connectivity index (χ3v) is 4.04. The van der Waals surface area contributed by atoms with E-state index in [-0.39, 0.29) is 17.6 Å². The second kappa shape index (κ2) is 8.64. The highest BCUT2D eigenvalue weighted by atomic mass is 16.3. The van der Waals surface area contributed by atoms with Crippen molar-refractivity contribution in [3.8, 4) is 5.75 Å². The van der Waals surface area contributed by atoms with Gasteiger partial charge in [0.25, 0.3) is 11.8 Å². The fourth-order valence-corrected chi connectivity index (χ4v) is 2.57. The molecule has 0 aliphatic rings. The smallest absolute Gasteiger partial charge is 0.271 e. The molecule has 0 saturated carbocycles. The second-order valence-corrected chi connectivity index (χ2v) is 6.14. The molecule has 0 radical (unpaired) electrons. The summed E-state index contributed by atoms with van der Waals surface area (Å²) in [6, 6.07) is 20.4. The predicted molar refractivity (Wildman–Crippen MR) is 109 cm³/mol. The van der Waals surface area contributed by atoms with Gasteiger partial charge < -0.3 is 10.4 Å². The molecule has 0 atom stereocenters. The molecular weight excluding hydrogens is 354 g/mol. The molecule has 6 nitrogen and oxygen atoms in total. The van der Waals surface area contributed by atoms with E-state index in [1.54, 1.807) is 48.5 Å². The van der Waals surface area contributed by atoms with Crippen molar-refractivity contribution in [2.24, 2.45) is 5.10 Å². The van der Waals surface area contributed by atoms with Gasteiger partial charge >= 0.3 is 0 Å². The fraction of sp³-hybridized carbons (Fsp3) is 0.0455. The van der Waals surface area contributed by atoms with Crippen LogP contribution in [0.25, 0.3) is 0 Å². The molecule has 3 aromatic carbocycles. The van der Waals surface area contributed by atoms with Crippen LogP contribution >= 0.6 is 0 Å². The van der Waals surface area contributed by atoms with Crippen molar-refractivity contribution < 1.29 is 14.7 Å². The van der Waals surface area contributed by atoms with Gasteiger partial charge in [-0.1, -0.05) is 30.3 Å². The average Bonchev–Trinajstić information content (AvgIpc) is 2.69. The number of aromatic hydroxyl groups is 1. The van der Waals surface area contributed by atoms with Crippen LogP contribution in [0.1, 0.15) is 31.8 Å². The van der Waals surface area contributed by atoms with Crippen molar-refractivity contribution in [2.45, 2.75) is 6.92 Å². The number of nitrogens with one attached hydrogen (secondary N) is 2.